The Morgan fingerprint density at radius 2 is 1.77 bits per heavy atom. The Kier molecular flexibility index (Phi) is 9.27. The molecule has 0 bridgehead atoms. The summed E-state index contributed by atoms with van der Waals surface area (Å²) < 4.78 is 12.5. The van der Waals surface area contributed by atoms with Crippen molar-refractivity contribution in [2.75, 3.05) is 20.7 Å². The van der Waals surface area contributed by atoms with E-state index in [1.165, 1.54) is 0 Å². The fraction of sp³-hybridized carbons (Fsp3) is 0.550. The summed E-state index contributed by atoms with van der Waals surface area (Å²) >= 11 is 0. The Morgan fingerprint density at radius 1 is 1.12 bits per heavy atom. The fourth-order valence-electron chi connectivity index (χ4n) is 2.26. The zero-order chi connectivity index (χ0) is 19.6. The molecule has 1 rings (SSSR count). The topological polar surface area (TPSA) is 55.6 Å². The van der Waals surface area contributed by atoms with Crippen molar-refractivity contribution in [1.29, 1.82) is 0 Å². The highest BCUT2D eigenvalue weighted by Gasteiger charge is 2.24. The van der Waals surface area contributed by atoms with Crippen LogP contribution >= 0.6 is 0 Å². The van der Waals surface area contributed by atoms with Crippen LogP contribution in [0.2, 0.25) is 25.7 Å². The molecule has 26 heavy (non-hydrogen) atoms. The number of rotatable bonds is 10. The molecule has 6 heteroatoms. The molecule has 0 aliphatic rings. The maximum Gasteiger partial charge on any atom is 0.318 e. The van der Waals surface area contributed by atoms with Gasteiger partial charge in [0, 0.05) is 14.5 Å². The third-order valence-electron chi connectivity index (χ3n) is 3.78. The predicted octanol–water partition coefficient (Wildman–Crippen LogP) is 3.35. The molecule has 5 nitrogen and oxygen atoms in total. The van der Waals surface area contributed by atoms with Gasteiger partial charge in [-0.15, -0.1) is 0 Å². The molecule has 0 saturated heterocycles. The number of esters is 2. The number of nitrogens with zero attached hydrogens (tertiary/aromatic N) is 1. The highest BCUT2D eigenvalue weighted by atomic mass is 28.3. The van der Waals surface area contributed by atoms with Gasteiger partial charge in [0.05, 0.1) is 6.61 Å². The standard InChI is InChI=1S/C20H32NO4Si/c1-21(2)15-18(20(23)24-13-14-26(3,4)5)11-12-19(22)25-16-17-9-7-6-8-10-17/h6-10,15,18H,11-14,16H2,1-5H3/q+1. The van der Waals surface area contributed by atoms with Crippen molar-refractivity contribution in [3.63, 3.8) is 0 Å². The van der Waals surface area contributed by atoms with Crippen LogP contribution in [0.15, 0.2) is 30.3 Å². The minimum Gasteiger partial charge on any atom is -0.465 e. The molecule has 0 amide bonds. The molecule has 1 unspecified atom stereocenters. The normalized spacial score (nSPS) is 12.2. The van der Waals surface area contributed by atoms with E-state index < -0.39 is 14.0 Å². The molecule has 1 aromatic rings. The SMILES string of the molecule is C[N+](C)=CC(CCC(=O)OCc1ccccc1)C(=O)OCC[Si](C)(C)C. The molecule has 0 radical (unpaired) electrons. The largest absolute Gasteiger partial charge is 0.465 e. The molecule has 0 fully saturated rings. The Balaban J connectivity index is 2.47. The molecule has 0 heterocycles. The summed E-state index contributed by atoms with van der Waals surface area (Å²) in [6.45, 7) is 7.43. The van der Waals surface area contributed by atoms with Gasteiger partial charge in [0.15, 0.2) is 6.21 Å². The molecule has 144 valence electrons. The Hall–Kier alpha value is -1.95. The molecule has 1 atom stereocenters. The summed E-state index contributed by atoms with van der Waals surface area (Å²) in [7, 11) is 2.47. The number of carbonyl (C=O) groups is 2. The Morgan fingerprint density at radius 3 is 2.35 bits per heavy atom. The second kappa shape index (κ2) is 10.9. The van der Waals surface area contributed by atoms with Gasteiger partial charge in [-0.25, -0.2) is 4.58 Å². The third-order valence-corrected chi connectivity index (χ3v) is 5.48. The van der Waals surface area contributed by atoms with E-state index in [0.717, 1.165) is 11.6 Å². The lowest BCUT2D eigenvalue weighted by Gasteiger charge is -2.16. The van der Waals surface area contributed by atoms with Crippen molar-refractivity contribution in [3.05, 3.63) is 35.9 Å². The number of benzene rings is 1. The highest BCUT2D eigenvalue weighted by Crippen LogP contribution is 2.12. The zero-order valence-electron chi connectivity index (χ0n) is 16.7. The summed E-state index contributed by atoms with van der Waals surface area (Å²) in [5.41, 5.74) is 0.947. The smallest absolute Gasteiger partial charge is 0.318 e. The molecule has 0 aromatic heterocycles. The van der Waals surface area contributed by atoms with Gasteiger partial charge in [-0.1, -0.05) is 50.0 Å². The van der Waals surface area contributed by atoms with Gasteiger partial charge in [-0.3, -0.25) is 9.59 Å². The van der Waals surface area contributed by atoms with Gasteiger partial charge < -0.3 is 9.47 Å². The maximum atomic E-state index is 12.3. The summed E-state index contributed by atoms with van der Waals surface area (Å²) in [5.74, 6) is -1.01. The van der Waals surface area contributed by atoms with Crippen LogP contribution in [-0.2, 0) is 25.7 Å². The Bertz CT molecular complexity index is 604. The fourth-order valence-corrected chi connectivity index (χ4v) is 2.98. The molecular weight excluding hydrogens is 346 g/mol. The van der Waals surface area contributed by atoms with E-state index >= 15 is 0 Å². The van der Waals surface area contributed by atoms with Gasteiger partial charge in [0.1, 0.15) is 26.6 Å². The quantitative estimate of drug-likeness (QED) is 0.271. The van der Waals surface area contributed by atoms with Crippen molar-refractivity contribution < 1.29 is 23.6 Å². The Labute approximate surface area is 158 Å². The lowest BCUT2D eigenvalue weighted by molar-refractivity contribution is -0.461. The van der Waals surface area contributed by atoms with Crippen molar-refractivity contribution >= 4 is 26.2 Å². The van der Waals surface area contributed by atoms with Crippen LogP contribution in [-0.4, -0.2) is 51.5 Å². The first-order valence-corrected chi connectivity index (χ1v) is 12.8. The first-order valence-electron chi connectivity index (χ1n) is 9.05. The van der Waals surface area contributed by atoms with Crippen LogP contribution in [0.25, 0.3) is 0 Å². The van der Waals surface area contributed by atoms with Crippen molar-refractivity contribution in [3.8, 4) is 0 Å². The van der Waals surface area contributed by atoms with Crippen LogP contribution in [0.5, 0.6) is 0 Å². The summed E-state index contributed by atoms with van der Waals surface area (Å²) in [4.78, 5) is 24.3. The monoisotopic (exact) mass is 378 g/mol. The van der Waals surface area contributed by atoms with Crippen molar-refractivity contribution in [2.24, 2.45) is 5.92 Å². The van der Waals surface area contributed by atoms with Crippen LogP contribution in [0, 0.1) is 5.92 Å². The van der Waals surface area contributed by atoms with Crippen LogP contribution < -0.4 is 0 Å². The first-order chi connectivity index (χ1) is 12.2. The van der Waals surface area contributed by atoms with Crippen molar-refractivity contribution in [2.45, 2.75) is 45.1 Å². The van der Waals surface area contributed by atoms with E-state index in [1.54, 1.807) is 6.21 Å². The predicted molar refractivity (Wildman–Crippen MR) is 106 cm³/mol. The van der Waals surface area contributed by atoms with Crippen LogP contribution in [0.4, 0.5) is 0 Å². The van der Waals surface area contributed by atoms with Gasteiger partial charge in [-0.2, -0.15) is 0 Å². The van der Waals surface area contributed by atoms with E-state index in [2.05, 4.69) is 19.6 Å². The molecule has 0 aliphatic carbocycles. The molecule has 0 spiro atoms. The van der Waals surface area contributed by atoms with E-state index in [9.17, 15) is 9.59 Å². The third kappa shape index (κ3) is 10.1. The highest BCUT2D eigenvalue weighted by molar-refractivity contribution is 6.76. The summed E-state index contributed by atoms with van der Waals surface area (Å²) in [5, 5.41) is 0. The average Bonchev–Trinajstić information content (AvgIpc) is 2.56. The number of ether oxygens (including phenoxy) is 2. The van der Waals surface area contributed by atoms with Crippen LogP contribution in [0.1, 0.15) is 18.4 Å². The van der Waals surface area contributed by atoms with Crippen molar-refractivity contribution in [1.82, 2.24) is 0 Å². The summed E-state index contributed by atoms with van der Waals surface area (Å²) in [6.07, 6.45) is 2.36. The second-order valence-electron chi connectivity index (χ2n) is 7.88. The van der Waals surface area contributed by atoms with Gasteiger partial charge in [0.25, 0.3) is 0 Å². The molecule has 0 N–H and O–H groups in total. The number of carbonyl (C=O) groups excluding carboxylic acids is 2. The lowest BCUT2D eigenvalue weighted by Crippen LogP contribution is -2.27. The van der Waals surface area contributed by atoms with E-state index in [4.69, 9.17) is 9.47 Å². The van der Waals surface area contributed by atoms with E-state index in [1.807, 2.05) is 49.0 Å². The van der Waals surface area contributed by atoms with E-state index in [-0.39, 0.29) is 25.0 Å². The molecular formula is C20H32NO4Si+. The number of hydrogen-bond acceptors (Lipinski definition) is 4. The lowest BCUT2D eigenvalue weighted by atomic mass is 10.0. The van der Waals surface area contributed by atoms with Gasteiger partial charge in [0.2, 0.25) is 0 Å². The molecule has 1 aromatic carbocycles. The maximum absolute atomic E-state index is 12.3. The number of hydrogen-bond donors (Lipinski definition) is 0. The minimum atomic E-state index is -1.24. The summed E-state index contributed by atoms with van der Waals surface area (Å²) in [6, 6.07) is 10.5. The molecule has 0 aliphatic heterocycles. The minimum absolute atomic E-state index is 0.185. The second-order valence-corrected chi connectivity index (χ2v) is 13.5. The van der Waals surface area contributed by atoms with Gasteiger partial charge >= 0.3 is 11.9 Å². The van der Waals surface area contributed by atoms with Crippen LogP contribution in [0.3, 0.4) is 0 Å². The zero-order valence-corrected chi connectivity index (χ0v) is 17.7. The van der Waals surface area contributed by atoms with E-state index in [0.29, 0.717) is 13.0 Å². The first kappa shape index (κ1) is 22.1. The van der Waals surface area contributed by atoms with Gasteiger partial charge in [-0.05, 0) is 18.0 Å². The average molecular weight is 379 g/mol. The molecule has 0 saturated carbocycles.